The molecule has 2 rings (SSSR count). The second-order valence-corrected chi connectivity index (χ2v) is 7.21. The maximum atomic E-state index is 12.0. The lowest BCUT2D eigenvalue weighted by molar-refractivity contribution is 0.302. The van der Waals surface area contributed by atoms with Gasteiger partial charge in [-0.2, -0.15) is 0 Å². The summed E-state index contributed by atoms with van der Waals surface area (Å²) in [6, 6.07) is 9.08. The van der Waals surface area contributed by atoms with E-state index in [1.54, 1.807) is 6.08 Å². The van der Waals surface area contributed by atoms with E-state index in [4.69, 9.17) is 0 Å². The number of aryl methyl sites for hydroxylation is 1. The summed E-state index contributed by atoms with van der Waals surface area (Å²) < 4.78 is 12.0. The van der Waals surface area contributed by atoms with Crippen LogP contribution in [0.15, 0.2) is 36.7 Å². The quantitative estimate of drug-likeness (QED) is 0.418. The van der Waals surface area contributed by atoms with E-state index >= 15 is 0 Å². The highest BCUT2D eigenvalue weighted by atomic mass is 19.1. The molecular formula is C22H33F. The molecular weight excluding hydrogens is 283 g/mol. The van der Waals surface area contributed by atoms with Gasteiger partial charge in [0.15, 0.2) is 0 Å². The molecule has 0 nitrogen and oxygen atoms in total. The monoisotopic (exact) mass is 316 g/mol. The van der Waals surface area contributed by atoms with Gasteiger partial charge in [0.05, 0.1) is 6.33 Å². The molecule has 0 amide bonds. The predicted octanol–water partition coefficient (Wildman–Crippen LogP) is 7.35. The first-order chi connectivity index (χ1) is 11.3. The molecule has 0 atom stereocenters. The van der Waals surface area contributed by atoms with Gasteiger partial charge in [-0.1, -0.05) is 69.4 Å². The summed E-state index contributed by atoms with van der Waals surface area (Å²) >= 11 is 0. The van der Waals surface area contributed by atoms with E-state index in [9.17, 15) is 4.39 Å². The Kier molecular flexibility index (Phi) is 8.42. The number of allylic oxidation sites excluding steroid dienone is 1. The van der Waals surface area contributed by atoms with Crippen molar-refractivity contribution in [2.45, 2.75) is 83.5 Å². The van der Waals surface area contributed by atoms with Crippen LogP contribution in [0.1, 0.15) is 88.2 Å². The Hall–Kier alpha value is -1.11. The van der Waals surface area contributed by atoms with Crippen molar-refractivity contribution >= 4 is 0 Å². The van der Waals surface area contributed by atoms with Crippen molar-refractivity contribution in [2.24, 2.45) is 5.92 Å². The lowest BCUT2D eigenvalue weighted by Crippen LogP contribution is -2.13. The van der Waals surface area contributed by atoms with Crippen molar-refractivity contribution in [3.8, 4) is 0 Å². The first-order valence-corrected chi connectivity index (χ1v) is 9.67. The molecule has 23 heavy (non-hydrogen) atoms. The number of rotatable bonds is 9. The van der Waals surface area contributed by atoms with E-state index < -0.39 is 0 Å². The Balaban J connectivity index is 1.72. The van der Waals surface area contributed by atoms with Gasteiger partial charge in [-0.15, -0.1) is 0 Å². The summed E-state index contributed by atoms with van der Waals surface area (Å²) in [6.07, 6.45) is 16.6. The van der Waals surface area contributed by atoms with Gasteiger partial charge in [0.1, 0.15) is 0 Å². The number of halogens is 1. The first-order valence-electron chi connectivity index (χ1n) is 9.67. The van der Waals surface area contributed by atoms with Crippen LogP contribution >= 0.6 is 0 Å². The minimum Gasteiger partial charge on any atom is -0.216 e. The van der Waals surface area contributed by atoms with Crippen molar-refractivity contribution in [1.82, 2.24) is 0 Å². The molecule has 1 aromatic rings. The van der Waals surface area contributed by atoms with Crippen molar-refractivity contribution in [3.63, 3.8) is 0 Å². The zero-order valence-electron chi connectivity index (χ0n) is 14.8. The molecule has 128 valence electrons. The average molecular weight is 317 g/mol. The van der Waals surface area contributed by atoms with Gasteiger partial charge in [-0.05, 0) is 61.5 Å². The summed E-state index contributed by atoms with van der Waals surface area (Å²) in [6.45, 7) is 2.29. The molecule has 0 aromatic heterocycles. The Bertz CT molecular complexity index is 438. The fourth-order valence-corrected chi connectivity index (χ4v) is 3.91. The number of unbranched alkanes of at least 4 members (excludes halogenated alkanes) is 3. The standard InChI is InChI=1S/C22H33F/c1-2-3-4-5-8-19-10-14-21(15-11-19)22-16-12-20(13-17-22)9-6-7-18-23/h7,12-13,16-19,21H,2-6,8-11,14-15H2,1H3/b18-7+. The molecule has 0 radical (unpaired) electrons. The largest absolute Gasteiger partial charge is 0.216 e. The summed E-state index contributed by atoms with van der Waals surface area (Å²) in [5, 5.41) is 0. The van der Waals surface area contributed by atoms with Crippen LogP contribution in [0.5, 0.6) is 0 Å². The van der Waals surface area contributed by atoms with Crippen molar-refractivity contribution in [3.05, 3.63) is 47.8 Å². The van der Waals surface area contributed by atoms with Crippen molar-refractivity contribution < 1.29 is 4.39 Å². The highest BCUT2D eigenvalue weighted by Gasteiger charge is 2.21. The van der Waals surface area contributed by atoms with Crippen LogP contribution in [0.2, 0.25) is 0 Å². The van der Waals surface area contributed by atoms with Crippen LogP contribution in [0.25, 0.3) is 0 Å². The molecule has 1 fully saturated rings. The van der Waals surface area contributed by atoms with E-state index in [1.807, 2.05) is 0 Å². The third-order valence-electron chi connectivity index (χ3n) is 5.45. The van der Waals surface area contributed by atoms with Gasteiger partial charge < -0.3 is 0 Å². The first kappa shape index (κ1) is 18.2. The fraction of sp³-hybridized carbons (Fsp3) is 0.636. The third-order valence-corrected chi connectivity index (χ3v) is 5.45. The van der Waals surface area contributed by atoms with Gasteiger partial charge in [0, 0.05) is 0 Å². The third kappa shape index (κ3) is 6.49. The van der Waals surface area contributed by atoms with Crippen LogP contribution in [-0.2, 0) is 6.42 Å². The van der Waals surface area contributed by atoms with Gasteiger partial charge in [0.25, 0.3) is 0 Å². The van der Waals surface area contributed by atoms with Crippen LogP contribution < -0.4 is 0 Å². The summed E-state index contributed by atoms with van der Waals surface area (Å²) in [7, 11) is 0. The van der Waals surface area contributed by atoms with Crippen LogP contribution in [0.4, 0.5) is 4.39 Å². The summed E-state index contributed by atoms with van der Waals surface area (Å²) in [4.78, 5) is 0. The molecule has 0 saturated heterocycles. The van der Waals surface area contributed by atoms with Gasteiger partial charge >= 0.3 is 0 Å². The van der Waals surface area contributed by atoms with E-state index in [0.717, 1.165) is 24.7 Å². The van der Waals surface area contributed by atoms with Crippen LogP contribution in [0.3, 0.4) is 0 Å². The average Bonchev–Trinajstić information content (AvgIpc) is 2.60. The summed E-state index contributed by atoms with van der Waals surface area (Å²) in [5.74, 6) is 1.75. The molecule has 0 unspecified atom stereocenters. The maximum Gasteiger partial charge on any atom is 0.0827 e. The normalized spacial score (nSPS) is 21.8. The van der Waals surface area contributed by atoms with Crippen LogP contribution in [-0.4, -0.2) is 0 Å². The second kappa shape index (κ2) is 10.6. The lowest BCUT2D eigenvalue weighted by atomic mass is 9.77. The molecule has 1 aliphatic carbocycles. The van der Waals surface area contributed by atoms with Gasteiger partial charge in [0.2, 0.25) is 0 Å². The van der Waals surface area contributed by atoms with E-state index in [1.165, 1.54) is 68.9 Å². The Morgan fingerprint density at radius 2 is 1.74 bits per heavy atom. The van der Waals surface area contributed by atoms with Gasteiger partial charge in [-0.3, -0.25) is 0 Å². The second-order valence-electron chi connectivity index (χ2n) is 7.21. The predicted molar refractivity (Wildman–Crippen MR) is 98.5 cm³/mol. The van der Waals surface area contributed by atoms with E-state index in [-0.39, 0.29) is 0 Å². The van der Waals surface area contributed by atoms with E-state index in [0.29, 0.717) is 6.33 Å². The maximum absolute atomic E-state index is 12.0. The molecule has 0 spiro atoms. The minimum absolute atomic E-state index is 0.648. The van der Waals surface area contributed by atoms with Gasteiger partial charge in [-0.25, -0.2) is 4.39 Å². The molecule has 0 heterocycles. The smallest absolute Gasteiger partial charge is 0.0827 e. The molecule has 0 aliphatic heterocycles. The minimum atomic E-state index is 0.648. The lowest BCUT2D eigenvalue weighted by Gasteiger charge is -2.29. The number of benzene rings is 1. The SMILES string of the molecule is CCCCCCC1CCC(c2ccc(CC/C=C/F)cc2)CC1. The highest BCUT2D eigenvalue weighted by molar-refractivity contribution is 5.26. The number of hydrogen-bond donors (Lipinski definition) is 0. The zero-order chi connectivity index (χ0) is 16.3. The topological polar surface area (TPSA) is 0 Å². The molecule has 1 heteroatoms. The number of hydrogen-bond acceptors (Lipinski definition) is 0. The van der Waals surface area contributed by atoms with Crippen molar-refractivity contribution in [1.29, 1.82) is 0 Å². The molecule has 1 saturated carbocycles. The van der Waals surface area contributed by atoms with E-state index in [2.05, 4.69) is 31.2 Å². The Labute approximate surface area is 142 Å². The van der Waals surface area contributed by atoms with Crippen molar-refractivity contribution in [2.75, 3.05) is 0 Å². The highest BCUT2D eigenvalue weighted by Crippen LogP contribution is 2.37. The Morgan fingerprint density at radius 3 is 2.39 bits per heavy atom. The molecule has 0 bridgehead atoms. The Morgan fingerprint density at radius 1 is 1.00 bits per heavy atom. The molecule has 0 N–H and O–H groups in total. The fourth-order valence-electron chi connectivity index (χ4n) is 3.91. The summed E-state index contributed by atoms with van der Waals surface area (Å²) in [5.41, 5.74) is 2.83. The zero-order valence-corrected chi connectivity index (χ0v) is 14.8. The molecule has 1 aromatic carbocycles. The molecule has 1 aliphatic rings. The van der Waals surface area contributed by atoms with Crippen LogP contribution in [0, 0.1) is 5.92 Å².